The fourth-order valence-corrected chi connectivity index (χ4v) is 1.66. The lowest BCUT2D eigenvalue weighted by molar-refractivity contribution is 0.0995. The zero-order chi connectivity index (χ0) is 13.8. The molecular weight excluding hydrogens is 264 g/mol. The van der Waals surface area contributed by atoms with Gasteiger partial charge in [0.05, 0.1) is 5.56 Å². The summed E-state index contributed by atoms with van der Waals surface area (Å²) in [4.78, 5) is 29.7. The standard InChI is InChI=1S/C12H10N4O2S/c13-10(17)7-3-5-14-9(6-7)16-11(18)8-2-1-4-15-12(8)19/h1-6H,(H2,13,17)(H,15,19)(H,14,16,18). The Morgan fingerprint density at radius 1 is 1.37 bits per heavy atom. The van der Waals surface area contributed by atoms with Gasteiger partial charge in [0.15, 0.2) is 0 Å². The molecule has 0 bridgehead atoms. The number of nitrogens with two attached hydrogens (primary N) is 1. The van der Waals surface area contributed by atoms with Gasteiger partial charge in [0.1, 0.15) is 10.5 Å². The largest absolute Gasteiger partial charge is 0.366 e. The van der Waals surface area contributed by atoms with Crippen LogP contribution in [0.3, 0.4) is 0 Å². The zero-order valence-electron chi connectivity index (χ0n) is 9.71. The van der Waals surface area contributed by atoms with Crippen LogP contribution in [0.5, 0.6) is 0 Å². The molecule has 0 spiro atoms. The molecule has 0 atom stereocenters. The predicted octanol–water partition coefficient (Wildman–Crippen LogP) is 1.49. The number of aromatic amines is 1. The van der Waals surface area contributed by atoms with E-state index in [9.17, 15) is 9.59 Å². The number of aromatic nitrogens is 2. The first-order chi connectivity index (χ1) is 9.08. The van der Waals surface area contributed by atoms with Gasteiger partial charge in [0, 0.05) is 18.0 Å². The molecular formula is C12H10N4O2S. The maximum atomic E-state index is 12.0. The minimum Gasteiger partial charge on any atom is -0.366 e. The lowest BCUT2D eigenvalue weighted by atomic mass is 10.2. The number of rotatable bonds is 3. The number of hydrogen-bond acceptors (Lipinski definition) is 4. The first-order valence-electron chi connectivity index (χ1n) is 5.33. The van der Waals surface area contributed by atoms with Gasteiger partial charge in [-0.1, -0.05) is 12.2 Å². The molecule has 0 radical (unpaired) electrons. The van der Waals surface area contributed by atoms with E-state index in [-0.39, 0.29) is 11.4 Å². The van der Waals surface area contributed by atoms with Gasteiger partial charge < -0.3 is 16.0 Å². The Morgan fingerprint density at radius 2 is 2.16 bits per heavy atom. The predicted molar refractivity (Wildman–Crippen MR) is 72.3 cm³/mol. The molecule has 0 aromatic carbocycles. The summed E-state index contributed by atoms with van der Waals surface area (Å²) in [6, 6.07) is 6.12. The van der Waals surface area contributed by atoms with Crippen LogP contribution in [-0.4, -0.2) is 21.8 Å². The van der Waals surface area contributed by atoms with Gasteiger partial charge in [-0.15, -0.1) is 0 Å². The van der Waals surface area contributed by atoms with Crippen molar-refractivity contribution in [3.8, 4) is 0 Å². The van der Waals surface area contributed by atoms with Crippen LogP contribution in [0.1, 0.15) is 20.7 Å². The number of nitrogens with one attached hydrogen (secondary N) is 2. The molecule has 2 heterocycles. The van der Waals surface area contributed by atoms with E-state index in [4.69, 9.17) is 18.0 Å². The van der Waals surface area contributed by atoms with E-state index in [0.717, 1.165) is 0 Å². The fourth-order valence-electron chi connectivity index (χ4n) is 1.44. The third-order valence-corrected chi connectivity index (χ3v) is 2.69. The van der Waals surface area contributed by atoms with Crippen molar-refractivity contribution in [3.63, 3.8) is 0 Å². The fraction of sp³-hybridized carbons (Fsp3) is 0. The van der Waals surface area contributed by atoms with Gasteiger partial charge in [0.25, 0.3) is 5.91 Å². The Labute approximate surface area is 113 Å². The normalized spacial score (nSPS) is 9.89. The van der Waals surface area contributed by atoms with Crippen LogP contribution in [-0.2, 0) is 0 Å². The summed E-state index contributed by atoms with van der Waals surface area (Å²) in [5.74, 6) is -0.759. The van der Waals surface area contributed by atoms with Gasteiger partial charge in [-0.3, -0.25) is 9.59 Å². The molecule has 0 saturated heterocycles. The van der Waals surface area contributed by atoms with Crippen molar-refractivity contribution >= 4 is 29.9 Å². The van der Waals surface area contributed by atoms with Crippen molar-refractivity contribution in [2.45, 2.75) is 0 Å². The van der Waals surface area contributed by atoms with Crippen LogP contribution in [0, 0.1) is 4.64 Å². The third kappa shape index (κ3) is 3.02. The van der Waals surface area contributed by atoms with Gasteiger partial charge in [0.2, 0.25) is 5.91 Å². The average Bonchev–Trinajstić information content (AvgIpc) is 2.39. The third-order valence-electron chi connectivity index (χ3n) is 2.35. The van der Waals surface area contributed by atoms with E-state index in [1.165, 1.54) is 18.3 Å². The number of carbonyl (C=O) groups is 2. The summed E-state index contributed by atoms with van der Waals surface area (Å²) >= 11 is 5.00. The summed E-state index contributed by atoms with van der Waals surface area (Å²) in [6.45, 7) is 0. The van der Waals surface area contributed by atoms with Crippen molar-refractivity contribution in [1.29, 1.82) is 0 Å². The number of H-pyrrole nitrogens is 1. The monoisotopic (exact) mass is 274 g/mol. The van der Waals surface area contributed by atoms with Crippen molar-refractivity contribution in [3.05, 3.63) is 52.4 Å². The molecule has 19 heavy (non-hydrogen) atoms. The maximum Gasteiger partial charge on any atom is 0.259 e. The molecule has 2 rings (SSSR count). The van der Waals surface area contributed by atoms with Crippen molar-refractivity contribution < 1.29 is 9.59 Å². The maximum absolute atomic E-state index is 12.0. The van der Waals surface area contributed by atoms with E-state index in [0.29, 0.717) is 10.2 Å². The minimum atomic E-state index is -0.588. The SMILES string of the molecule is NC(=O)c1ccnc(NC(=O)c2ccc[nH]c2=S)c1. The van der Waals surface area contributed by atoms with Crippen molar-refractivity contribution in [2.24, 2.45) is 5.73 Å². The number of anilines is 1. The Hall–Kier alpha value is -2.54. The summed E-state index contributed by atoms with van der Waals surface area (Å²) in [5, 5.41) is 2.55. The molecule has 0 aliphatic carbocycles. The molecule has 2 aromatic rings. The lowest BCUT2D eigenvalue weighted by Crippen LogP contribution is -2.16. The van der Waals surface area contributed by atoms with E-state index in [1.807, 2.05) is 0 Å². The first-order valence-corrected chi connectivity index (χ1v) is 5.73. The van der Waals surface area contributed by atoms with E-state index in [1.54, 1.807) is 18.3 Å². The topological polar surface area (TPSA) is 101 Å². The molecule has 96 valence electrons. The highest BCUT2D eigenvalue weighted by molar-refractivity contribution is 7.71. The van der Waals surface area contributed by atoms with Gasteiger partial charge in [-0.2, -0.15) is 0 Å². The van der Waals surface area contributed by atoms with Crippen LogP contribution in [0.2, 0.25) is 0 Å². The number of nitrogens with zero attached hydrogens (tertiary/aromatic N) is 1. The highest BCUT2D eigenvalue weighted by atomic mass is 32.1. The molecule has 0 fully saturated rings. The second kappa shape index (κ2) is 5.40. The molecule has 7 heteroatoms. The quantitative estimate of drug-likeness (QED) is 0.738. The molecule has 4 N–H and O–H groups in total. The van der Waals surface area contributed by atoms with E-state index < -0.39 is 11.8 Å². The zero-order valence-corrected chi connectivity index (χ0v) is 10.5. The van der Waals surface area contributed by atoms with Crippen LogP contribution < -0.4 is 11.1 Å². The Morgan fingerprint density at radius 3 is 2.84 bits per heavy atom. The molecule has 6 nitrogen and oxygen atoms in total. The Kier molecular flexibility index (Phi) is 3.67. The molecule has 0 aliphatic rings. The smallest absolute Gasteiger partial charge is 0.259 e. The summed E-state index contributed by atoms with van der Waals surface area (Å²) in [7, 11) is 0. The van der Waals surface area contributed by atoms with Gasteiger partial charge in [-0.25, -0.2) is 4.98 Å². The second-order valence-electron chi connectivity index (χ2n) is 3.66. The van der Waals surface area contributed by atoms with E-state index in [2.05, 4.69) is 15.3 Å². The molecule has 0 saturated carbocycles. The van der Waals surface area contributed by atoms with E-state index >= 15 is 0 Å². The van der Waals surface area contributed by atoms with Crippen LogP contribution in [0.25, 0.3) is 0 Å². The van der Waals surface area contributed by atoms with Crippen LogP contribution in [0.4, 0.5) is 5.82 Å². The molecule has 0 unspecified atom stereocenters. The summed E-state index contributed by atoms with van der Waals surface area (Å²) in [5.41, 5.74) is 5.74. The number of amides is 2. The number of carbonyl (C=O) groups excluding carboxylic acids is 2. The van der Waals surface area contributed by atoms with Gasteiger partial charge >= 0.3 is 0 Å². The van der Waals surface area contributed by atoms with Crippen LogP contribution >= 0.6 is 12.2 Å². The summed E-state index contributed by atoms with van der Waals surface area (Å²) < 4.78 is 0.325. The minimum absolute atomic E-state index is 0.236. The Bertz CT molecular complexity index is 696. The number of pyridine rings is 2. The van der Waals surface area contributed by atoms with Crippen molar-refractivity contribution in [2.75, 3.05) is 5.32 Å². The first kappa shape index (κ1) is 12.9. The average molecular weight is 274 g/mol. The highest BCUT2D eigenvalue weighted by Gasteiger charge is 2.09. The molecule has 2 aromatic heterocycles. The summed E-state index contributed by atoms with van der Waals surface area (Å²) in [6.07, 6.45) is 3.02. The van der Waals surface area contributed by atoms with Crippen molar-refractivity contribution in [1.82, 2.24) is 9.97 Å². The molecule has 0 aliphatic heterocycles. The molecule has 2 amide bonds. The number of primary amides is 1. The Balaban J connectivity index is 2.25. The number of hydrogen-bond donors (Lipinski definition) is 3. The highest BCUT2D eigenvalue weighted by Crippen LogP contribution is 2.09. The lowest BCUT2D eigenvalue weighted by Gasteiger charge is -2.05. The van der Waals surface area contributed by atoms with Gasteiger partial charge in [-0.05, 0) is 24.3 Å². The van der Waals surface area contributed by atoms with Crippen LogP contribution in [0.15, 0.2) is 36.7 Å². The second-order valence-corrected chi connectivity index (χ2v) is 4.07.